The number of nitrogens with one attached hydrogen (secondary N) is 2. The molecule has 1 fully saturated rings. The average molecular weight is 215 g/mol. The second kappa shape index (κ2) is 5.64. The van der Waals surface area contributed by atoms with Gasteiger partial charge in [-0.1, -0.05) is 12.1 Å². The lowest BCUT2D eigenvalue weighted by Crippen LogP contribution is -2.42. The van der Waals surface area contributed by atoms with Gasteiger partial charge in [0.05, 0.1) is 11.6 Å². The summed E-state index contributed by atoms with van der Waals surface area (Å²) in [5, 5.41) is 15.7. The van der Waals surface area contributed by atoms with Gasteiger partial charge >= 0.3 is 0 Å². The molecule has 0 spiro atoms. The van der Waals surface area contributed by atoms with E-state index in [0.29, 0.717) is 6.04 Å². The minimum absolute atomic E-state index is 0.569. The highest BCUT2D eigenvalue weighted by Gasteiger charge is 2.11. The van der Waals surface area contributed by atoms with Crippen molar-refractivity contribution in [2.24, 2.45) is 0 Å². The van der Waals surface area contributed by atoms with Crippen molar-refractivity contribution in [1.29, 1.82) is 5.26 Å². The van der Waals surface area contributed by atoms with Crippen molar-refractivity contribution in [3.63, 3.8) is 0 Å². The van der Waals surface area contributed by atoms with Gasteiger partial charge < -0.3 is 10.6 Å². The van der Waals surface area contributed by atoms with E-state index in [-0.39, 0.29) is 0 Å². The number of hydrogen-bond acceptors (Lipinski definition) is 3. The van der Waals surface area contributed by atoms with E-state index in [0.717, 1.165) is 25.2 Å². The van der Waals surface area contributed by atoms with Crippen LogP contribution in [0.3, 0.4) is 0 Å². The molecule has 1 heterocycles. The molecule has 0 amide bonds. The van der Waals surface area contributed by atoms with Crippen LogP contribution in [0.1, 0.15) is 24.0 Å². The van der Waals surface area contributed by atoms with Crippen molar-refractivity contribution in [3.05, 3.63) is 35.4 Å². The van der Waals surface area contributed by atoms with Crippen molar-refractivity contribution in [2.45, 2.75) is 25.4 Å². The van der Waals surface area contributed by atoms with Gasteiger partial charge in [-0.15, -0.1) is 0 Å². The Labute approximate surface area is 96.5 Å². The second-order valence-electron chi connectivity index (χ2n) is 4.24. The predicted octanol–water partition coefficient (Wildman–Crippen LogP) is 1.40. The Morgan fingerprint density at radius 2 is 2.44 bits per heavy atom. The molecule has 0 aromatic heterocycles. The summed E-state index contributed by atoms with van der Waals surface area (Å²) in [6.07, 6.45) is 2.49. The maximum Gasteiger partial charge on any atom is 0.0991 e. The molecule has 2 rings (SSSR count). The van der Waals surface area contributed by atoms with E-state index in [1.807, 2.05) is 18.2 Å². The Bertz CT molecular complexity index is 375. The second-order valence-corrected chi connectivity index (χ2v) is 4.24. The zero-order valence-corrected chi connectivity index (χ0v) is 9.37. The lowest BCUT2D eigenvalue weighted by molar-refractivity contribution is 0.389. The van der Waals surface area contributed by atoms with Crippen LogP contribution >= 0.6 is 0 Å². The molecule has 16 heavy (non-hydrogen) atoms. The average Bonchev–Trinajstić information content (AvgIpc) is 2.38. The van der Waals surface area contributed by atoms with Gasteiger partial charge in [-0.2, -0.15) is 5.26 Å². The lowest BCUT2D eigenvalue weighted by atomic mass is 10.1. The lowest BCUT2D eigenvalue weighted by Gasteiger charge is -2.23. The molecule has 1 unspecified atom stereocenters. The molecule has 1 aliphatic heterocycles. The molecule has 0 radical (unpaired) electrons. The highest BCUT2D eigenvalue weighted by molar-refractivity contribution is 5.32. The number of nitriles is 1. The van der Waals surface area contributed by atoms with E-state index >= 15 is 0 Å². The molecule has 1 aliphatic rings. The minimum Gasteiger partial charge on any atom is -0.315 e. The van der Waals surface area contributed by atoms with Crippen LogP contribution in [0.4, 0.5) is 0 Å². The summed E-state index contributed by atoms with van der Waals surface area (Å²) < 4.78 is 0. The third-order valence-electron chi connectivity index (χ3n) is 2.95. The zero-order chi connectivity index (χ0) is 11.2. The number of benzene rings is 1. The van der Waals surface area contributed by atoms with Gasteiger partial charge in [-0.05, 0) is 37.1 Å². The maximum atomic E-state index is 8.80. The monoisotopic (exact) mass is 215 g/mol. The Balaban J connectivity index is 1.86. The van der Waals surface area contributed by atoms with Gasteiger partial charge in [-0.3, -0.25) is 0 Å². The van der Waals surface area contributed by atoms with Gasteiger partial charge in [0.25, 0.3) is 0 Å². The van der Waals surface area contributed by atoms with Crippen LogP contribution in [-0.4, -0.2) is 19.1 Å². The summed E-state index contributed by atoms with van der Waals surface area (Å²) >= 11 is 0. The first-order valence-electron chi connectivity index (χ1n) is 5.81. The van der Waals surface area contributed by atoms with E-state index in [1.54, 1.807) is 0 Å². The van der Waals surface area contributed by atoms with Gasteiger partial charge in [0, 0.05) is 19.1 Å². The topological polar surface area (TPSA) is 47.9 Å². The predicted molar refractivity (Wildman–Crippen MR) is 63.9 cm³/mol. The van der Waals surface area contributed by atoms with Crippen molar-refractivity contribution in [3.8, 4) is 6.07 Å². The van der Waals surface area contributed by atoms with Gasteiger partial charge in [0.2, 0.25) is 0 Å². The molecule has 84 valence electrons. The maximum absolute atomic E-state index is 8.80. The molecule has 0 saturated carbocycles. The molecule has 1 aromatic rings. The van der Waals surface area contributed by atoms with Crippen LogP contribution in [0.2, 0.25) is 0 Å². The van der Waals surface area contributed by atoms with Crippen LogP contribution in [0.5, 0.6) is 0 Å². The first kappa shape index (κ1) is 11.1. The Morgan fingerprint density at radius 3 is 3.19 bits per heavy atom. The third kappa shape index (κ3) is 3.06. The van der Waals surface area contributed by atoms with Crippen LogP contribution in [0, 0.1) is 11.3 Å². The summed E-state index contributed by atoms with van der Waals surface area (Å²) in [6, 6.07) is 10.5. The molecule has 0 aliphatic carbocycles. The molecular formula is C13H17N3. The van der Waals surface area contributed by atoms with Gasteiger partial charge in [0.1, 0.15) is 0 Å². The van der Waals surface area contributed by atoms with Gasteiger partial charge in [0.15, 0.2) is 0 Å². The summed E-state index contributed by atoms with van der Waals surface area (Å²) in [6.45, 7) is 3.04. The Morgan fingerprint density at radius 1 is 1.50 bits per heavy atom. The summed E-state index contributed by atoms with van der Waals surface area (Å²) in [4.78, 5) is 0. The SMILES string of the molecule is N#Cc1cccc(CNC2CCCNC2)c1. The number of rotatable bonds is 3. The molecule has 3 nitrogen and oxygen atoms in total. The van der Waals surface area contributed by atoms with Crippen LogP contribution in [0.15, 0.2) is 24.3 Å². The normalized spacial score (nSPS) is 20.3. The highest BCUT2D eigenvalue weighted by Crippen LogP contribution is 2.06. The van der Waals surface area contributed by atoms with Crippen molar-refractivity contribution in [2.75, 3.05) is 13.1 Å². The van der Waals surface area contributed by atoms with E-state index in [4.69, 9.17) is 5.26 Å². The van der Waals surface area contributed by atoms with E-state index in [2.05, 4.69) is 22.8 Å². The smallest absolute Gasteiger partial charge is 0.0991 e. The van der Waals surface area contributed by atoms with Crippen molar-refractivity contribution in [1.82, 2.24) is 10.6 Å². The molecule has 1 aromatic carbocycles. The molecule has 2 N–H and O–H groups in total. The molecule has 0 bridgehead atoms. The third-order valence-corrected chi connectivity index (χ3v) is 2.95. The van der Waals surface area contributed by atoms with E-state index < -0.39 is 0 Å². The largest absolute Gasteiger partial charge is 0.315 e. The summed E-state index contributed by atoms with van der Waals surface area (Å²) in [5.41, 5.74) is 1.92. The van der Waals surface area contributed by atoms with Crippen LogP contribution in [0.25, 0.3) is 0 Å². The fraction of sp³-hybridized carbons (Fsp3) is 0.462. The highest BCUT2D eigenvalue weighted by atomic mass is 15.0. The quantitative estimate of drug-likeness (QED) is 0.801. The minimum atomic E-state index is 0.569. The fourth-order valence-electron chi connectivity index (χ4n) is 2.04. The van der Waals surface area contributed by atoms with Crippen molar-refractivity contribution < 1.29 is 0 Å². The van der Waals surface area contributed by atoms with Crippen LogP contribution < -0.4 is 10.6 Å². The van der Waals surface area contributed by atoms with Crippen molar-refractivity contribution >= 4 is 0 Å². The zero-order valence-electron chi connectivity index (χ0n) is 9.37. The first-order valence-corrected chi connectivity index (χ1v) is 5.81. The van der Waals surface area contributed by atoms with E-state index in [1.165, 1.54) is 18.4 Å². The molecular weight excluding hydrogens is 198 g/mol. The molecule has 1 atom stereocenters. The Kier molecular flexibility index (Phi) is 3.92. The fourth-order valence-corrected chi connectivity index (χ4v) is 2.04. The summed E-state index contributed by atoms with van der Waals surface area (Å²) in [7, 11) is 0. The molecule has 3 heteroatoms. The first-order chi connectivity index (χ1) is 7.88. The van der Waals surface area contributed by atoms with E-state index in [9.17, 15) is 0 Å². The number of piperidine rings is 1. The summed E-state index contributed by atoms with van der Waals surface area (Å²) in [5.74, 6) is 0. The van der Waals surface area contributed by atoms with Crippen LogP contribution in [-0.2, 0) is 6.54 Å². The standard InChI is InChI=1S/C13H17N3/c14-8-11-3-1-4-12(7-11)9-16-13-5-2-6-15-10-13/h1,3-4,7,13,15-16H,2,5-6,9-10H2. The number of nitrogens with zero attached hydrogens (tertiary/aromatic N) is 1. The van der Waals surface area contributed by atoms with Gasteiger partial charge in [-0.25, -0.2) is 0 Å². The Hall–Kier alpha value is -1.37. The number of hydrogen-bond donors (Lipinski definition) is 2. The molecule has 1 saturated heterocycles.